The minimum absolute atomic E-state index is 0.837. The third-order valence-electron chi connectivity index (χ3n) is 2.50. The van der Waals surface area contributed by atoms with Crippen molar-refractivity contribution in [3.8, 4) is 0 Å². The number of piperidine rings is 1. The molecule has 1 rings (SSSR count). The Morgan fingerprint density at radius 3 is 2.92 bits per heavy atom. The molecular weight excluding hydrogens is 164 g/mol. The largest absolute Gasteiger partial charge is 0.385 e. The zero-order valence-electron chi connectivity index (χ0n) is 8.51. The van der Waals surface area contributed by atoms with Crippen LogP contribution in [0.2, 0.25) is 0 Å². The van der Waals surface area contributed by atoms with Crippen LogP contribution in [0.15, 0.2) is 0 Å². The molecule has 0 bridgehead atoms. The van der Waals surface area contributed by atoms with Crippen LogP contribution in [0.25, 0.3) is 0 Å². The minimum Gasteiger partial charge on any atom is -0.385 e. The van der Waals surface area contributed by atoms with Crippen LogP contribution in [0.1, 0.15) is 32.1 Å². The first-order valence-corrected chi connectivity index (χ1v) is 5.16. The number of rotatable bonds is 5. The fourth-order valence-corrected chi connectivity index (χ4v) is 1.68. The van der Waals surface area contributed by atoms with Crippen molar-refractivity contribution in [3.05, 3.63) is 0 Å². The van der Waals surface area contributed by atoms with E-state index in [1.165, 1.54) is 12.8 Å². The Morgan fingerprint density at radius 2 is 2.23 bits per heavy atom. The number of nitrogens with one attached hydrogen (secondary N) is 1. The Balaban J connectivity index is 2.08. The van der Waals surface area contributed by atoms with Crippen LogP contribution < -0.4 is 0 Å². The van der Waals surface area contributed by atoms with Crippen LogP contribution >= 0.6 is 0 Å². The van der Waals surface area contributed by atoms with Crippen LogP contribution in [0.3, 0.4) is 0 Å². The molecule has 1 aliphatic heterocycles. The summed E-state index contributed by atoms with van der Waals surface area (Å²) in [5.74, 6) is 0.837. The van der Waals surface area contributed by atoms with Crippen LogP contribution in [0, 0.1) is 5.41 Å². The van der Waals surface area contributed by atoms with Crippen LogP contribution in [-0.4, -0.2) is 37.5 Å². The van der Waals surface area contributed by atoms with Crippen molar-refractivity contribution in [1.29, 1.82) is 5.41 Å². The van der Waals surface area contributed by atoms with Gasteiger partial charge in [0.25, 0.3) is 0 Å². The number of methoxy groups -OCH3 is 1. The molecule has 0 aliphatic carbocycles. The predicted octanol–water partition coefficient (Wildman–Crippen LogP) is 1.88. The van der Waals surface area contributed by atoms with Crippen molar-refractivity contribution in [1.82, 2.24) is 4.90 Å². The quantitative estimate of drug-likeness (QED) is 0.662. The smallest absolute Gasteiger partial charge is 0.0957 e. The zero-order valence-corrected chi connectivity index (χ0v) is 8.51. The van der Waals surface area contributed by atoms with Gasteiger partial charge in [-0.05, 0) is 25.7 Å². The lowest BCUT2D eigenvalue weighted by molar-refractivity contribution is 0.189. The van der Waals surface area contributed by atoms with Gasteiger partial charge in [-0.2, -0.15) is 0 Å². The van der Waals surface area contributed by atoms with Gasteiger partial charge >= 0.3 is 0 Å². The van der Waals surface area contributed by atoms with Gasteiger partial charge in [-0.15, -0.1) is 0 Å². The summed E-state index contributed by atoms with van der Waals surface area (Å²) in [5, 5.41) is 7.72. The summed E-state index contributed by atoms with van der Waals surface area (Å²) in [6, 6.07) is 0. The summed E-state index contributed by atoms with van der Waals surface area (Å²) in [5.41, 5.74) is 0. The molecule has 0 unspecified atom stereocenters. The average Bonchev–Trinajstić information content (AvgIpc) is 2.15. The lowest BCUT2D eigenvalue weighted by atomic mass is 10.1. The lowest BCUT2D eigenvalue weighted by Gasteiger charge is -2.29. The molecule has 1 saturated heterocycles. The molecule has 3 nitrogen and oxygen atoms in total. The molecule has 3 heteroatoms. The summed E-state index contributed by atoms with van der Waals surface area (Å²) < 4.78 is 4.99. The highest BCUT2D eigenvalue weighted by atomic mass is 16.5. The molecule has 0 atom stereocenters. The highest BCUT2D eigenvalue weighted by Gasteiger charge is 2.13. The normalized spacial score (nSPS) is 17.9. The van der Waals surface area contributed by atoms with Crippen molar-refractivity contribution >= 4 is 5.84 Å². The molecule has 1 N–H and O–H groups in total. The van der Waals surface area contributed by atoms with Crippen molar-refractivity contribution < 1.29 is 4.74 Å². The Hall–Kier alpha value is -0.570. The van der Waals surface area contributed by atoms with Gasteiger partial charge in [0, 0.05) is 33.2 Å². The Kier molecular flexibility index (Phi) is 4.83. The van der Waals surface area contributed by atoms with E-state index in [2.05, 4.69) is 4.90 Å². The third kappa shape index (κ3) is 3.77. The Labute approximate surface area is 80.6 Å². The van der Waals surface area contributed by atoms with Gasteiger partial charge in [-0.3, -0.25) is 5.41 Å². The van der Waals surface area contributed by atoms with Crippen molar-refractivity contribution in [2.45, 2.75) is 32.1 Å². The van der Waals surface area contributed by atoms with Gasteiger partial charge in [0.1, 0.15) is 0 Å². The molecule has 76 valence electrons. The van der Waals surface area contributed by atoms with Gasteiger partial charge in [0.05, 0.1) is 5.84 Å². The second-order valence-electron chi connectivity index (χ2n) is 3.59. The number of hydrogen-bond acceptors (Lipinski definition) is 2. The molecule has 1 heterocycles. The number of ether oxygens (including phenoxy) is 1. The summed E-state index contributed by atoms with van der Waals surface area (Å²) in [6.45, 7) is 2.98. The summed E-state index contributed by atoms with van der Waals surface area (Å²) >= 11 is 0. The molecular formula is C10H20N2O. The number of likely N-dealkylation sites (tertiary alicyclic amines) is 1. The number of amidine groups is 1. The fourth-order valence-electron chi connectivity index (χ4n) is 1.68. The van der Waals surface area contributed by atoms with E-state index in [4.69, 9.17) is 10.1 Å². The topological polar surface area (TPSA) is 36.3 Å². The molecule has 0 amide bonds. The number of nitrogens with zero attached hydrogens (tertiary/aromatic N) is 1. The van der Waals surface area contributed by atoms with E-state index in [9.17, 15) is 0 Å². The molecule has 0 aromatic carbocycles. The van der Waals surface area contributed by atoms with Gasteiger partial charge in [0.15, 0.2) is 0 Å². The van der Waals surface area contributed by atoms with Crippen LogP contribution in [-0.2, 0) is 4.74 Å². The molecule has 0 aromatic heterocycles. The second-order valence-corrected chi connectivity index (χ2v) is 3.59. The van der Waals surface area contributed by atoms with Gasteiger partial charge in [-0.25, -0.2) is 0 Å². The second kappa shape index (κ2) is 5.97. The minimum atomic E-state index is 0.837. The average molecular weight is 184 g/mol. The van der Waals surface area contributed by atoms with Gasteiger partial charge < -0.3 is 9.64 Å². The molecule has 13 heavy (non-hydrogen) atoms. The summed E-state index contributed by atoms with van der Waals surface area (Å²) in [6.07, 6.45) is 5.70. The van der Waals surface area contributed by atoms with E-state index in [0.717, 1.165) is 44.8 Å². The monoisotopic (exact) mass is 184 g/mol. The molecule has 0 aromatic rings. The summed E-state index contributed by atoms with van der Waals surface area (Å²) in [7, 11) is 1.74. The SMILES string of the molecule is COCCCCN1CCCCC1=N. The van der Waals surface area contributed by atoms with E-state index < -0.39 is 0 Å². The van der Waals surface area contributed by atoms with E-state index in [1.807, 2.05) is 0 Å². The highest BCUT2D eigenvalue weighted by Crippen LogP contribution is 2.11. The fraction of sp³-hybridized carbons (Fsp3) is 0.900. The lowest BCUT2D eigenvalue weighted by Crippen LogP contribution is -2.35. The highest BCUT2D eigenvalue weighted by molar-refractivity contribution is 5.79. The molecule has 0 spiro atoms. The molecule has 0 saturated carbocycles. The van der Waals surface area contributed by atoms with Crippen molar-refractivity contribution in [3.63, 3.8) is 0 Å². The van der Waals surface area contributed by atoms with E-state index in [-0.39, 0.29) is 0 Å². The standard InChI is InChI=1S/C10H20N2O/c1-13-9-5-4-8-12-7-3-2-6-10(12)11/h11H,2-9H2,1H3. The number of unbranched alkanes of at least 4 members (excludes halogenated alkanes) is 1. The summed E-state index contributed by atoms with van der Waals surface area (Å²) in [4.78, 5) is 2.21. The van der Waals surface area contributed by atoms with E-state index in [1.54, 1.807) is 7.11 Å². The van der Waals surface area contributed by atoms with Crippen LogP contribution in [0.5, 0.6) is 0 Å². The predicted molar refractivity (Wildman–Crippen MR) is 54.3 cm³/mol. The van der Waals surface area contributed by atoms with E-state index in [0.29, 0.717) is 0 Å². The Bertz CT molecular complexity index is 159. The maximum atomic E-state index is 7.72. The van der Waals surface area contributed by atoms with E-state index >= 15 is 0 Å². The first-order valence-electron chi connectivity index (χ1n) is 5.16. The number of hydrogen-bond donors (Lipinski definition) is 1. The first kappa shape index (κ1) is 10.5. The molecule has 1 aliphatic rings. The zero-order chi connectivity index (χ0) is 9.52. The maximum Gasteiger partial charge on any atom is 0.0957 e. The first-order chi connectivity index (χ1) is 6.34. The third-order valence-corrected chi connectivity index (χ3v) is 2.50. The van der Waals surface area contributed by atoms with Crippen LogP contribution in [0.4, 0.5) is 0 Å². The van der Waals surface area contributed by atoms with Crippen molar-refractivity contribution in [2.75, 3.05) is 26.8 Å². The van der Waals surface area contributed by atoms with Crippen molar-refractivity contribution in [2.24, 2.45) is 0 Å². The molecule has 1 fully saturated rings. The maximum absolute atomic E-state index is 7.72. The van der Waals surface area contributed by atoms with Gasteiger partial charge in [-0.1, -0.05) is 0 Å². The Morgan fingerprint density at radius 1 is 1.38 bits per heavy atom. The molecule has 0 radical (unpaired) electrons. The van der Waals surface area contributed by atoms with Gasteiger partial charge in [0.2, 0.25) is 0 Å².